The first kappa shape index (κ1) is 16.6. The summed E-state index contributed by atoms with van der Waals surface area (Å²) in [5, 5.41) is 11.0. The fourth-order valence-corrected chi connectivity index (χ4v) is 4.05. The third-order valence-electron chi connectivity index (χ3n) is 3.71. The Kier molecular flexibility index (Phi) is 6.83. The van der Waals surface area contributed by atoms with Crippen molar-refractivity contribution in [2.24, 2.45) is 4.99 Å². The number of rotatable bonds is 6. The minimum absolute atomic E-state index is 0.571. The maximum atomic E-state index is 4.68. The van der Waals surface area contributed by atoms with Crippen LogP contribution in [0, 0.1) is 6.92 Å². The number of hydrogen-bond acceptors (Lipinski definition) is 4. The van der Waals surface area contributed by atoms with Crippen LogP contribution in [0.2, 0.25) is 0 Å². The monoisotopic (exact) mass is 326 g/mol. The second kappa shape index (κ2) is 8.63. The molecule has 0 aromatic carbocycles. The molecule has 1 aliphatic carbocycles. The topological polar surface area (TPSA) is 49.3 Å². The van der Waals surface area contributed by atoms with Crippen molar-refractivity contribution in [3.63, 3.8) is 0 Å². The number of aromatic nitrogens is 1. The predicted octanol–water partition coefficient (Wildman–Crippen LogP) is 2.83. The summed E-state index contributed by atoms with van der Waals surface area (Å²) in [5.41, 5.74) is 1.15. The van der Waals surface area contributed by atoms with Crippen molar-refractivity contribution < 1.29 is 0 Å². The van der Waals surface area contributed by atoms with E-state index in [0.29, 0.717) is 6.04 Å². The summed E-state index contributed by atoms with van der Waals surface area (Å²) in [6, 6.07) is 0.571. The number of hydrogen-bond donors (Lipinski definition) is 2. The molecule has 4 nitrogen and oxygen atoms in total. The number of thiazole rings is 1. The van der Waals surface area contributed by atoms with Gasteiger partial charge >= 0.3 is 0 Å². The fraction of sp³-hybridized carbons (Fsp3) is 0.733. The van der Waals surface area contributed by atoms with E-state index in [-0.39, 0.29) is 0 Å². The predicted molar refractivity (Wildman–Crippen MR) is 94.6 cm³/mol. The summed E-state index contributed by atoms with van der Waals surface area (Å²) < 4.78 is 0. The number of aliphatic imine (C=N–C) groups is 1. The van der Waals surface area contributed by atoms with Gasteiger partial charge in [-0.25, -0.2) is 4.98 Å². The van der Waals surface area contributed by atoms with Crippen LogP contribution in [0.15, 0.2) is 10.4 Å². The largest absolute Gasteiger partial charge is 0.357 e. The van der Waals surface area contributed by atoms with Gasteiger partial charge in [0, 0.05) is 36.2 Å². The quantitative estimate of drug-likeness (QED) is 0.623. The lowest BCUT2D eigenvalue weighted by Gasteiger charge is -2.17. The fourth-order valence-electron chi connectivity index (χ4n) is 2.60. The Labute approximate surface area is 136 Å². The van der Waals surface area contributed by atoms with E-state index < -0.39 is 0 Å². The molecule has 1 saturated carbocycles. The van der Waals surface area contributed by atoms with Crippen LogP contribution in [0.25, 0.3) is 0 Å². The lowest BCUT2D eigenvalue weighted by Crippen LogP contribution is -2.42. The van der Waals surface area contributed by atoms with E-state index in [0.717, 1.165) is 41.4 Å². The summed E-state index contributed by atoms with van der Waals surface area (Å²) in [6.07, 6.45) is 6.94. The molecule has 0 radical (unpaired) electrons. The molecule has 2 N–H and O–H groups in total. The lowest BCUT2D eigenvalue weighted by atomic mass is 10.2. The Morgan fingerprint density at radius 1 is 1.52 bits per heavy atom. The summed E-state index contributed by atoms with van der Waals surface area (Å²) in [5.74, 6) is 0.955. The van der Waals surface area contributed by atoms with Gasteiger partial charge in [-0.2, -0.15) is 11.8 Å². The number of nitrogens with one attached hydrogen (secondary N) is 2. The molecule has 118 valence electrons. The SMILES string of the molecule is CCNC(=NCCc1csc(C)n1)NC1CCC(SC)C1. The maximum absolute atomic E-state index is 4.68. The Balaban J connectivity index is 1.81. The van der Waals surface area contributed by atoms with Gasteiger partial charge in [-0.15, -0.1) is 11.3 Å². The van der Waals surface area contributed by atoms with Crippen molar-refractivity contribution in [2.75, 3.05) is 19.3 Å². The Hall–Kier alpha value is -0.750. The molecule has 1 fully saturated rings. The lowest BCUT2D eigenvalue weighted by molar-refractivity contribution is 0.615. The second-order valence-electron chi connectivity index (χ2n) is 5.38. The Morgan fingerprint density at radius 3 is 3.00 bits per heavy atom. The van der Waals surface area contributed by atoms with Gasteiger partial charge in [0.05, 0.1) is 10.7 Å². The van der Waals surface area contributed by atoms with Crippen molar-refractivity contribution >= 4 is 29.1 Å². The molecule has 6 heteroatoms. The normalized spacial score (nSPS) is 22.5. The molecule has 2 unspecified atom stereocenters. The molecule has 0 spiro atoms. The van der Waals surface area contributed by atoms with Gasteiger partial charge in [0.2, 0.25) is 0 Å². The molecular weight excluding hydrogens is 300 g/mol. The molecule has 1 aliphatic rings. The molecule has 1 aromatic heterocycles. The van der Waals surface area contributed by atoms with Crippen LogP contribution in [0.5, 0.6) is 0 Å². The zero-order valence-electron chi connectivity index (χ0n) is 13.2. The van der Waals surface area contributed by atoms with E-state index >= 15 is 0 Å². The molecule has 0 saturated heterocycles. The summed E-state index contributed by atoms with van der Waals surface area (Å²) >= 11 is 3.70. The molecule has 0 amide bonds. The highest BCUT2D eigenvalue weighted by molar-refractivity contribution is 7.99. The Morgan fingerprint density at radius 2 is 2.38 bits per heavy atom. The molecular formula is C15H26N4S2. The third-order valence-corrected chi connectivity index (χ3v) is 5.62. The highest BCUT2D eigenvalue weighted by Gasteiger charge is 2.24. The van der Waals surface area contributed by atoms with Gasteiger partial charge in [0.25, 0.3) is 0 Å². The van der Waals surface area contributed by atoms with Gasteiger partial charge in [-0.05, 0) is 39.4 Å². The van der Waals surface area contributed by atoms with Crippen LogP contribution < -0.4 is 10.6 Å². The summed E-state index contributed by atoms with van der Waals surface area (Å²) in [6.45, 7) is 5.85. The molecule has 0 aliphatic heterocycles. The summed E-state index contributed by atoms with van der Waals surface area (Å²) in [4.78, 5) is 9.17. The summed E-state index contributed by atoms with van der Waals surface area (Å²) in [7, 11) is 0. The van der Waals surface area contributed by atoms with Crippen molar-refractivity contribution in [3.05, 3.63) is 16.1 Å². The van der Waals surface area contributed by atoms with E-state index in [1.807, 2.05) is 18.7 Å². The first-order valence-corrected chi connectivity index (χ1v) is 9.86. The second-order valence-corrected chi connectivity index (χ2v) is 7.58. The molecule has 2 atom stereocenters. The van der Waals surface area contributed by atoms with E-state index in [9.17, 15) is 0 Å². The van der Waals surface area contributed by atoms with E-state index in [2.05, 4.69) is 39.2 Å². The van der Waals surface area contributed by atoms with Crippen LogP contribution in [-0.4, -0.2) is 41.6 Å². The standard InChI is InChI=1S/C15H26N4S2/c1-4-16-15(19-12-5-6-14(9-12)20-3)17-8-7-13-10-21-11(2)18-13/h10,12,14H,4-9H2,1-3H3,(H2,16,17,19). The number of thioether (sulfide) groups is 1. The average Bonchev–Trinajstić information content (AvgIpc) is 3.08. The third kappa shape index (κ3) is 5.51. The van der Waals surface area contributed by atoms with E-state index in [1.54, 1.807) is 11.3 Å². The Bertz CT molecular complexity index is 458. The van der Waals surface area contributed by atoms with E-state index in [4.69, 9.17) is 0 Å². The number of aryl methyl sites for hydroxylation is 1. The average molecular weight is 327 g/mol. The zero-order chi connectivity index (χ0) is 15.1. The van der Waals surface area contributed by atoms with Gasteiger partial charge in [-0.1, -0.05) is 0 Å². The van der Waals surface area contributed by atoms with Crippen molar-refractivity contribution in [3.8, 4) is 0 Å². The van der Waals surface area contributed by atoms with Crippen molar-refractivity contribution in [1.29, 1.82) is 0 Å². The first-order valence-electron chi connectivity index (χ1n) is 7.70. The molecule has 1 heterocycles. The molecule has 1 aromatic rings. The zero-order valence-corrected chi connectivity index (χ0v) is 14.8. The highest BCUT2D eigenvalue weighted by Crippen LogP contribution is 2.27. The molecule has 2 rings (SSSR count). The van der Waals surface area contributed by atoms with Crippen LogP contribution in [0.3, 0.4) is 0 Å². The smallest absolute Gasteiger partial charge is 0.191 e. The van der Waals surface area contributed by atoms with Crippen LogP contribution in [-0.2, 0) is 6.42 Å². The highest BCUT2D eigenvalue weighted by atomic mass is 32.2. The van der Waals surface area contributed by atoms with Gasteiger partial charge < -0.3 is 10.6 Å². The minimum atomic E-state index is 0.571. The maximum Gasteiger partial charge on any atom is 0.191 e. The first-order chi connectivity index (χ1) is 10.2. The van der Waals surface area contributed by atoms with Crippen LogP contribution in [0.4, 0.5) is 0 Å². The van der Waals surface area contributed by atoms with Gasteiger partial charge in [-0.3, -0.25) is 4.99 Å². The van der Waals surface area contributed by atoms with Gasteiger partial charge in [0.15, 0.2) is 5.96 Å². The molecule has 0 bridgehead atoms. The minimum Gasteiger partial charge on any atom is -0.357 e. The van der Waals surface area contributed by atoms with Crippen molar-refractivity contribution in [2.45, 2.75) is 50.8 Å². The van der Waals surface area contributed by atoms with Crippen molar-refractivity contribution in [1.82, 2.24) is 15.6 Å². The van der Waals surface area contributed by atoms with Crippen LogP contribution >= 0.6 is 23.1 Å². The van der Waals surface area contributed by atoms with E-state index in [1.165, 1.54) is 19.3 Å². The molecule has 21 heavy (non-hydrogen) atoms. The number of nitrogens with zero attached hydrogens (tertiary/aromatic N) is 2. The van der Waals surface area contributed by atoms with Gasteiger partial charge in [0.1, 0.15) is 0 Å². The van der Waals surface area contributed by atoms with Crippen LogP contribution in [0.1, 0.15) is 36.9 Å². The number of guanidine groups is 1.